The number of anilines is 1. The Hall–Kier alpha value is -2.23. The van der Waals surface area contributed by atoms with Crippen molar-refractivity contribution in [3.05, 3.63) is 75.3 Å². The second-order valence-corrected chi connectivity index (χ2v) is 6.45. The van der Waals surface area contributed by atoms with E-state index in [2.05, 4.69) is 0 Å². The molecule has 1 saturated heterocycles. The normalized spacial score (nSPS) is 23.0. The molecule has 0 aliphatic carbocycles. The summed E-state index contributed by atoms with van der Waals surface area (Å²) in [6, 6.07) is 15.2. The molecule has 1 heterocycles. The molecule has 0 spiro atoms. The van der Waals surface area contributed by atoms with Crippen LogP contribution < -0.4 is 4.90 Å². The molecule has 116 valence electrons. The van der Waals surface area contributed by atoms with Crippen LogP contribution in [0.3, 0.4) is 0 Å². The van der Waals surface area contributed by atoms with Crippen LogP contribution in [-0.2, 0) is 0 Å². The SMILES string of the molecule is N#CS[C@H]1[C@H]([N+](=O)[O-])[C@@H](c2ccc(Cl)cc2)N1c1ccccc1. The fourth-order valence-electron chi connectivity index (χ4n) is 2.87. The van der Waals surface area contributed by atoms with E-state index in [0.29, 0.717) is 5.02 Å². The van der Waals surface area contributed by atoms with Gasteiger partial charge >= 0.3 is 0 Å². The van der Waals surface area contributed by atoms with E-state index in [1.54, 1.807) is 24.3 Å². The summed E-state index contributed by atoms with van der Waals surface area (Å²) in [4.78, 5) is 13.1. The monoisotopic (exact) mass is 345 g/mol. The van der Waals surface area contributed by atoms with Crippen LogP contribution in [0, 0.1) is 20.8 Å². The van der Waals surface area contributed by atoms with Gasteiger partial charge in [-0.3, -0.25) is 10.1 Å². The van der Waals surface area contributed by atoms with Crippen LogP contribution in [-0.4, -0.2) is 16.3 Å². The summed E-state index contributed by atoms with van der Waals surface area (Å²) in [6.07, 6.45) is 0. The Balaban J connectivity index is 2.03. The van der Waals surface area contributed by atoms with E-state index in [0.717, 1.165) is 23.0 Å². The molecular formula is C16H12ClN3O2S. The summed E-state index contributed by atoms with van der Waals surface area (Å²) < 4.78 is 0. The van der Waals surface area contributed by atoms with E-state index in [-0.39, 0.29) is 4.92 Å². The van der Waals surface area contributed by atoms with Crippen molar-refractivity contribution >= 4 is 29.1 Å². The highest BCUT2D eigenvalue weighted by Crippen LogP contribution is 2.48. The molecule has 1 aliphatic heterocycles. The minimum atomic E-state index is -0.846. The summed E-state index contributed by atoms with van der Waals surface area (Å²) in [5, 5.41) is 22.6. The summed E-state index contributed by atoms with van der Waals surface area (Å²) >= 11 is 6.84. The van der Waals surface area contributed by atoms with Gasteiger partial charge in [0, 0.05) is 15.6 Å². The van der Waals surface area contributed by atoms with Gasteiger partial charge in [0.1, 0.15) is 11.4 Å². The number of hydrogen-bond acceptors (Lipinski definition) is 5. The summed E-state index contributed by atoms with van der Waals surface area (Å²) in [5.74, 6) is 0. The lowest BCUT2D eigenvalue weighted by molar-refractivity contribution is -0.537. The molecule has 1 fully saturated rings. The van der Waals surface area contributed by atoms with Crippen molar-refractivity contribution in [1.82, 2.24) is 0 Å². The van der Waals surface area contributed by atoms with Gasteiger partial charge in [0.15, 0.2) is 5.37 Å². The molecule has 2 aromatic rings. The zero-order valence-corrected chi connectivity index (χ0v) is 13.4. The minimum Gasteiger partial charge on any atom is -0.338 e. The molecular weight excluding hydrogens is 334 g/mol. The zero-order chi connectivity index (χ0) is 16.4. The first-order valence-electron chi connectivity index (χ1n) is 6.90. The Morgan fingerprint density at radius 1 is 1.17 bits per heavy atom. The van der Waals surface area contributed by atoms with Crippen LogP contribution in [0.1, 0.15) is 11.6 Å². The van der Waals surface area contributed by atoms with E-state index < -0.39 is 17.5 Å². The van der Waals surface area contributed by atoms with E-state index in [1.807, 2.05) is 40.6 Å². The number of thioether (sulfide) groups is 1. The van der Waals surface area contributed by atoms with Gasteiger partial charge in [-0.2, -0.15) is 5.26 Å². The second kappa shape index (κ2) is 6.49. The van der Waals surface area contributed by atoms with E-state index in [9.17, 15) is 10.1 Å². The molecule has 0 bridgehead atoms. The third-order valence-electron chi connectivity index (χ3n) is 3.87. The van der Waals surface area contributed by atoms with Crippen LogP contribution >= 0.6 is 23.4 Å². The molecule has 23 heavy (non-hydrogen) atoms. The Kier molecular flexibility index (Phi) is 4.42. The molecule has 2 aromatic carbocycles. The summed E-state index contributed by atoms with van der Waals surface area (Å²) in [6.45, 7) is 0. The predicted octanol–water partition coefficient (Wildman–Crippen LogP) is 4.09. The quantitative estimate of drug-likeness (QED) is 0.474. The number of halogens is 1. The lowest BCUT2D eigenvalue weighted by Gasteiger charge is -2.49. The molecule has 3 atom stereocenters. The van der Waals surface area contributed by atoms with E-state index in [1.165, 1.54) is 0 Å². The molecule has 1 aliphatic rings. The van der Waals surface area contributed by atoms with Crippen LogP contribution in [0.4, 0.5) is 5.69 Å². The number of nitro groups is 1. The first kappa shape index (κ1) is 15.7. The average molecular weight is 346 g/mol. The van der Waals surface area contributed by atoms with Crippen molar-refractivity contribution in [2.75, 3.05) is 4.90 Å². The molecule has 0 N–H and O–H groups in total. The Bertz CT molecular complexity index is 748. The fourth-order valence-corrected chi connectivity index (χ4v) is 3.86. The molecule has 0 aromatic heterocycles. The molecule has 0 saturated carbocycles. The lowest BCUT2D eigenvalue weighted by Crippen LogP contribution is -2.63. The highest BCUT2D eigenvalue weighted by Gasteiger charge is 2.58. The Morgan fingerprint density at radius 3 is 2.39 bits per heavy atom. The van der Waals surface area contributed by atoms with Crippen molar-refractivity contribution in [2.45, 2.75) is 17.5 Å². The van der Waals surface area contributed by atoms with E-state index >= 15 is 0 Å². The van der Waals surface area contributed by atoms with Crippen molar-refractivity contribution in [3.63, 3.8) is 0 Å². The largest absolute Gasteiger partial charge is 0.338 e. The smallest absolute Gasteiger partial charge is 0.267 e. The van der Waals surface area contributed by atoms with Crippen molar-refractivity contribution in [2.24, 2.45) is 0 Å². The third-order valence-corrected chi connectivity index (χ3v) is 4.98. The number of para-hydroxylation sites is 1. The first-order valence-corrected chi connectivity index (χ1v) is 8.16. The minimum absolute atomic E-state index is 0.298. The number of hydrogen-bond donors (Lipinski definition) is 0. The van der Waals surface area contributed by atoms with Crippen LogP contribution in [0.15, 0.2) is 54.6 Å². The molecule has 5 nitrogen and oxygen atoms in total. The van der Waals surface area contributed by atoms with Gasteiger partial charge in [-0.05, 0) is 41.6 Å². The number of rotatable bonds is 4. The summed E-state index contributed by atoms with van der Waals surface area (Å²) in [7, 11) is 0. The highest BCUT2D eigenvalue weighted by molar-refractivity contribution is 8.04. The van der Waals surface area contributed by atoms with E-state index in [4.69, 9.17) is 16.9 Å². The van der Waals surface area contributed by atoms with Gasteiger partial charge in [-0.15, -0.1) is 0 Å². The Labute approximate surface area is 142 Å². The first-order chi connectivity index (χ1) is 11.1. The maximum Gasteiger partial charge on any atom is 0.267 e. The van der Waals surface area contributed by atoms with Crippen molar-refractivity contribution in [1.29, 1.82) is 5.26 Å². The number of nitriles is 1. The van der Waals surface area contributed by atoms with Crippen LogP contribution in [0.5, 0.6) is 0 Å². The van der Waals surface area contributed by atoms with Crippen molar-refractivity contribution < 1.29 is 4.92 Å². The lowest BCUT2D eigenvalue weighted by atomic mass is 9.88. The zero-order valence-electron chi connectivity index (χ0n) is 11.9. The predicted molar refractivity (Wildman–Crippen MR) is 90.9 cm³/mol. The van der Waals surface area contributed by atoms with Gasteiger partial charge in [-0.1, -0.05) is 41.9 Å². The van der Waals surface area contributed by atoms with Gasteiger partial charge < -0.3 is 4.90 Å². The molecule has 0 amide bonds. The second-order valence-electron chi connectivity index (χ2n) is 5.11. The maximum absolute atomic E-state index is 11.5. The molecule has 7 heteroatoms. The number of nitrogens with zero attached hydrogens (tertiary/aromatic N) is 3. The van der Waals surface area contributed by atoms with Crippen LogP contribution in [0.2, 0.25) is 5.02 Å². The Morgan fingerprint density at radius 2 is 1.83 bits per heavy atom. The number of thiocyanates is 1. The average Bonchev–Trinajstić information content (AvgIpc) is 2.53. The molecule has 0 unspecified atom stereocenters. The van der Waals surface area contributed by atoms with Gasteiger partial charge in [0.2, 0.25) is 0 Å². The standard InChI is InChI=1S/C16H12ClN3O2S/c17-12-8-6-11(7-9-12)14-15(20(21)22)16(23-10-18)19(14)13-4-2-1-3-5-13/h1-9,14-16H/t14-,15-,16+/m1/s1. The fraction of sp³-hybridized carbons (Fsp3) is 0.188. The third kappa shape index (κ3) is 2.85. The van der Waals surface area contributed by atoms with Gasteiger partial charge in [0.25, 0.3) is 6.04 Å². The van der Waals surface area contributed by atoms with Crippen LogP contribution in [0.25, 0.3) is 0 Å². The maximum atomic E-state index is 11.5. The van der Waals surface area contributed by atoms with Gasteiger partial charge in [-0.25, -0.2) is 0 Å². The van der Waals surface area contributed by atoms with Gasteiger partial charge in [0.05, 0.1) is 0 Å². The topological polar surface area (TPSA) is 70.2 Å². The number of benzene rings is 2. The molecule has 3 rings (SSSR count). The molecule has 0 radical (unpaired) electrons. The highest BCUT2D eigenvalue weighted by atomic mass is 35.5. The summed E-state index contributed by atoms with van der Waals surface area (Å²) in [5.41, 5.74) is 1.67. The van der Waals surface area contributed by atoms with Crippen molar-refractivity contribution in [3.8, 4) is 5.40 Å².